The molecule has 0 fully saturated rings. The Morgan fingerprint density at radius 1 is 1.33 bits per heavy atom. The summed E-state index contributed by atoms with van der Waals surface area (Å²) >= 11 is 1.80. The molecule has 1 N–H and O–H groups in total. The fourth-order valence-corrected chi connectivity index (χ4v) is 3.38. The molecule has 0 bridgehead atoms. The predicted octanol–water partition coefficient (Wildman–Crippen LogP) is 3.15. The molecular formula is C14H14N4O2S. The highest BCUT2D eigenvalue weighted by molar-refractivity contribution is 7.98. The van der Waals surface area contributed by atoms with Crippen LogP contribution in [-0.4, -0.2) is 21.9 Å². The molecule has 7 heteroatoms. The van der Waals surface area contributed by atoms with E-state index < -0.39 is 4.92 Å². The second-order valence-corrected chi connectivity index (χ2v) is 5.81. The molecule has 6 nitrogen and oxygen atoms in total. The van der Waals surface area contributed by atoms with Gasteiger partial charge in [0.2, 0.25) is 0 Å². The van der Waals surface area contributed by atoms with Crippen LogP contribution in [-0.2, 0) is 11.5 Å². The van der Waals surface area contributed by atoms with Crippen LogP contribution in [0.25, 0.3) is 11.4 Å². The largest absolute Gasteiger partial charge is 0.373 e. The van der Waals surface area contributed by atoms with Gasteiger partial charge in [0.1, 0.15) is 5.82 Å². The second kappa shape index (κ2) is 5.33. The first kappa shape index (κ1) is 13.8. The van der Waals surface area contributed by atoms with E-state index >= 15 is 0 Å². The topological polar surface area (TPSA) is 81.0 Å². The molecule has 108 valence electrons. The van der Waals surface area contributed by atoms with Crippen LogP contribution >= 0.6 is 11.8 Å². The van der Waals surface area contributed by atoms with Gasteiger partial charge in [-0.2, -0.15) is 11.8 Å². The maximum Gasteiger partial charge on any atom is 0.270 e. The van der Waals surface area contributed by atoms with E-state index in [1.165, 1.54) is 6.07 Å². The molecule has 1 aromatic heterocycles. The van der Waals surface area contributed by atoms with Crippen molar-refractivity contribution >= 4 is 23.3 Å². The van der Waals surface area contributed by atoms with Crippen molar-refractivity contribution in [3.8, 4) is 11.4 Å². The van der Waals surface area contributed by atoms with E-state index in [2.05, 4.69) is 15.3 Å². The van der Waals surface area contributed by atoms with Crippen molar-refractivity contribution in [1.82, 2.24) is 9.97 Å². The van der Waals surface area contributed by atoms with E-state index in [-0.39, 0.29) is 5.69 Å². The van der Waals surface area contributed by atoms with Gasteiger partial charge < -0.3 is 5.32 Å². The number of hydrogen-bond acceptors (Lipinski definition) is 6. The minimum atomic E-state index is -0.398. The maximum absolute atomic E-state index is 11.0. The van der Waals surface area contributed by atoms with Crippen molar-refractivity contribution in [1.29, 1.82) is 0 Å². The molecule has 1 aromatic carbocycles. The Bertz CT molecular complexity index is 733. The van der Waals surface area contributed by atoms with Gasteiger partial charge in [-0.15, -0.1) is 0 Å². The van der Waals surface area contributed by atoms with Gasteiger partial charge in [-0.25, -0.2) is 9.97 Å². The monoisotopic (exact) mass is 302 g/mol. The number of nitrogens with zero attached hydrogens (tertiary/aromatic N) is 3. The van der Waals surface area contributed by atoms with Crippen LogP contribution in [0.15, 0.2) is 18.2 Å². The highest BCUT2D eigenvalue weighted by Gasteiger charge is 2.21. The third-order valence-electron chi connectivity index (χ3n) is 3.49. The normalized spacial score (nSPS) is 13.0. The van der Waals surface area contributed by atoms with Gasteiger partial charge in [-0.3, -0.25) is 10.1 Å². The molecule has 0 radical (unpaired) electrons. The van der Waals surface area contributed by atoms with E-state index in [0.717, 1.165) is 34.1 Å². The van der Waals surface area contributed by atoms with Gasteiger partial charge in [-0.1, -0.05) is 6.07 Å². The van der Waals surface area contributed by atoms with E-state index in [1.807, 2.05) is 14.0 Å². The molecule has 0 amide bonds. The summed E-state index contributed by atoms with van der Waals surface area (Å²) in [6.07, 6.45) is 0. The number of aryl methyl sites for hydroxylation is 1. The SMILES string of the molecule is CNc1nc(-c2cc([N+](=O)[O-])ccc2C)nc2c1CSC2. The molecular weight excluding hydrogens is 288 g/mol. The Balaban J connectivity index is 2.17. The van der Waals surface area contributed by atoms with Crippen molar-refractivity contribution in [2.24, 2.45) is 0 Å². The number of nitrogens with one attached hydrogen (secondary N) is 1. The quantitative estimate of drug-likeness (QED) is 0.693. The molecule has 0 unspecified atom stereocenters. The lowest BCUT2D eigenvalue weighted by molar-refractivity contribution is -0.384. The first-order valence-electron chi connectivity index (χ1n) is 6.51. The first-order chi connectivity index (χ1) is 10.1. The highest BCUT2D eigenvalue weighted by atomic mass is 32.2. The number of anilines is 1. The summed E-state index contributed by atoms with van der Waals surface area (Å²) in [6.45, 7) is 1.91. The minimum Gasteiger partial charge on any atom is -0.373 e. The van der Waals surface area contributed by atoms with Crippen LogP contribution in [0.4, 0.5) is 11.5 Å². The highest BCUT2D eigenvalue weighted by Crippen LogP contribution is 2.35. The number of nitro benzene ring substituents is 1. The number of fused-ring (bicyclic) bond motifs is 1. The zero-order valence-electron chi connectivity index (χ0n) is 11.7. The van der Waals surface area contributed by atoms with Gasteiger partial charge >= 0.3 is 0 Å². The summed E-state index contributed by atoms with van der Waals surface area (Å²) in [6, 6.07) is 4.78. The summed E-state index contributed by atoms with van der Waals surface area (Å²) in [5.74, 6) is 3.11. The molecule has 1 aliphatic heterocycles. The molecule has 2 heterocycles. The lowest BCUT2D eigenvalue weighted by Gasteiger charge is -2.10. The van der Waals surface area contributed by atoms with Crippen molar-refractivity contribution < 1.29 is 4.92 Å². The van der Waals surface area contributed by atoms with Crippen molar-refractivity contribution in [2.75, 3.05) is 12.4 Å². The van der Waals surface area contributed by atoms with Crippen molar-refractivity contribution in [3.05, 3.63) is 45.1 Å². The summed E-state index contributed by atoms with van der Waals surface area (Å²) in [5, 5.41) is 14.1. The Morgan fingerprint density at radius 2 is 2.14 bits per heavy atom. The second-order valence-electron chi connectivity index (χ2n) is 4.82. The van der Waals surface area contributed by atoms with Crippen LogP contribution in [0.2, 0.25) is 0 Å². The lowest BCUT2D eigenvalue weighted by Crippen LogP contribution is -2.04. The van der Waals surface area contributed by atoms with Gasteiger partial charge in [0, 0.05) is 41.8 Å². The Kier molecular flexibility index (Phi) is 3.50. The molecule has 0 saturated carbocycles. The third kappa shape index (κ3) is 2.44. The van der Waals surface area contributed by atoms with Gasteiger partial charge in [0.15, 0.2) is 5.82 Å². The lowest BCUT2D eigenvalue weighted by atomic mass is 10.1. The van der Waals surface area contributed by atoms with Crippen LogP contribution in [0.5, 0.6) is 0 Å². The van der Waals surface area contributed by atoms with Gasteiger partial charge in [0.25, 0.3) is 5.69 Å². The zero-order valence-corrected chi connectivity index (χ0v) is 12.5. The average Bonchev–Trinajstić information content (AvgIpc) is 2.94. The molecule has 2 aromatic rings. The summed E-state index contributed by atoms with van der Waals surface area (Å²) in [7, 11) is 1.83. The third-order valence-corrected chi connectivity index (χ3v) is 4.46. The first-order valence-corrected chi connectivity index (χ1v) is 7.66. The smallest absolute Gasteiger partial charge is 0.270 e. The summed E-state index contributed by atoms with van der Waals surface area (Å²) < 4.78 is 0. The number of thioether (sulfide) groups is 1. The van der Waals surface area contributed by atoms with E-state index in [0.29, 0.717) is 11.4 Å². The zero-order chi connectivity index (χ0) is 15.0. The van der Waals surface area contributed by atoms with Crippen molar-refractivity contribution in [3.63, 3.8) is 0 Å². The number of benzene rings is 1. The summed E-state index contributed by atoms with van der Waals surface area (Å²) in [5.41, 5.74) is 3.84. The van der Waals surface area contributed by atoms with Crippen LogP contribution in [0, 0.1) is 17.0 Å². The Morgan fingerprint density at radius 3 is 2.86 bits per heavy atom. The van der Waals surface area contributed by atoms with Gasteiger partial charge in [0.05, 0.1) is 10.6 Å². The van der Waals surface area contributed by atoms with E-state index in [9.17, 15) is 10.1 Å². The Labute approximate surface area is 126 Å². The minimum absolute atomic E-state index is 0.0556. The maximum atomic E-state index is 11.0. The van der Waals surface area contributed by atoms with E-state index in [4.69, 9.17) is 0 Å². The standard InChI is InChI=1S/C14H14N4O2S/c1-8-3-4-9(18(19)20)5-10(8)14-16-12-7-21-6-11(12)13(15-2)17-14/h3-5H,6-7H2,1-2H3,(H,15,16,17). The molecule has 0 saturated heterocycles. The molecule has 0 spiro atoms. The number of nitro groups is 1. The number of rotatable bonds is 3. The van der Waals surface area contributed by atoms with Gasteiger partial charge in [-0.05, 0) is 12.5 Å². The predicted molar refractivity (Wildman–Crippen MR) is 83.4 cm³/mol. The Hall–Kier alpha value is -2.15. The molecule has 1 aliphatic rings. The average molecular weight is 302 g/mol. The molecule has 0 aliphatic carbocycles. The fraction of sp³-hybridized carbons (Fsp3) is 0.286. The van der Waals surface area contributed by atoms with Crippen LogP contribution in [0.1, 0.15) is 16.8 Å². The molecule has 21 heavy (non-hydrogen) atoms. The van der Waals surface area contributed by atoms with Crippen molar-refractivity contribution in [2.45, 2.75) is 18.4 Å². The number of aromatic nitrogens is 2. The van der Waals surface area contributed by atoms with E-state index in [1.54, 1.807) is 23.9 Å². The van der Waals surface area contributed by atoms with Crippen LogP contribution in [0.3, 0.4) is 0 Å². The summed E-state index contributed by atoms with van der Waals surface area (Å²) in [4.78, 5) is 19.7. The number of non-ortho nitro benzene ring substituents is 1. The fourth-order valence-electron chi connectivity index (χ4n) is 2.34. The number of hydrogen-bond donors (Lipinski definition) is 1. The molecule has 3 rings (SSSR count). The van der Waals surface area contributed by atoms with Crippen LogP contribution < -0.4 is 5.32 Å². The molecule has 0 atom stereocenters.